The fourth-order valence-corrected chi connectivity index (χ4v) is 8.20. The first-order valence-electron chi connectivity index (χ1n) is 14.1. The van der Waals surface area contributed by atoms with Gasteiger partial charge in [0.25, 0.3) is 0 Å². The highest BCUT2D eigenvalue weighted by Crippen LogP contribution is 2.60. The van der Waals surface area contributed by atoms with Crippen molar-refractivity contribution in [2.75, 3.05) is 31.1 Å². The number of hydrogen-bond donors (Lipinski definition) is 1. The molecular weight excluding hydrogens is 492 g/mol. The highest BCUT2D eigenvalue weighted by atomic mass is 32.1. The minimum absolute atomic E-state index is 0.0891. The number of benzene rings is 2. The van der Waals surface area contributed by atoms with Crippen LogP contribution in [-0.4, -0.2) is 56.9 Å². The number of phenols is 1. The van der Waals surface area contributed by atoms with Crippen LogP contribution in [0.4, 0.5) is 5.69 Å². The number of aromatic hydroxyl groups is 1. The molecule has 8 rings (SSSR count). The summed E-state index contributed by atoms with van der Waals surface area (Å²) >= 11 is 6.04. The van der Waals surface area contributed by atoms with Gasteiger partial charge in [-0.15, -0.1) is 0 Å². The van der Waals surface area contributed by atoms with Gasteiger partial charge in [-0.25, -0.2) is 4.68 Å². The number of nitrogens with zero attached hydrogens (tertiary/aromatic N) is 6. The van der Waals surface area contributed by atoms with Crippen LogP contribution in [0.25, 0.3) is 0 Å². The summed E-state index contributed by atoms with van der Waals surface area (Å²) in [6, 6.07) is 17.8. The molecule has 0 radical (unpaired) electrons. The topological polar surface area (TPSA) is 61.8 Å². The maximum atomic E-state index is 9.68. The van der Waals surface area contributed by atoms with Gasteiger partial charge in [0.2, 0.25) is 4.77 Å². The van der Waals surface area contributed by atoms with Crippen LogP contribution in [0.3, 0.4) is 0 Å². The van der Waals surface area contributed by atoms with E-state index in [1.807, 2.05) is 27.7 Å². The van der Waals surface area contributed by atoms with Crippen LogP contribution >= 0.6 is 12.2 Å². The number of para-hydroxylation sites is 1. The second-order valence-corrected chi connectivity index (χ2v) is 12.4. The highest BCUT2D eigenvalue weighted by Gasteiger charge is 2.54. The predicted octanol–water partition coefficient (Wildman–Crippen LogP) is 5.25. The Balaban J connectivity index is 1.17. The van der Waals surface area contributed by atoms with Gasteiger partial charge in [0.15, 0.2) is 5.82 Å². The maximum Gasteiger partial charge on any atom is 0.220 e. The summed E-state index contributed by atoms with van der Waals surface area (Å²) in [5.41, 5.74) is 2.32. The molecule has 4 aliphatic carbocycles. The number of phenolic OH excluding ortho intramolecular Hbond substituents is 1. The second-order valence-electron chi connectivity index (χ2n) is 12.0. The first-order valence-corrected chi connectivity index (χ1v) is 14.5. The van der Waals surface area contributed by atoms with Gasteiger partial charge in [-0.1, -0.05) is 18.2 Å². The number of aromatic nitrogens is 3. The molecule has 1 N–H and O–H groups in total. The number of rotatable bonds is 6. The largest absolute Gasteiger partial charge is 0.508 e. The third-order valence-electron chi connectivity index (χ3n) is 9.37. The van der Waals surface area contributed by atoms with Crippen LogP contribution in [0.2, 0.25) is 0 Å². The minimum atomic E-state index is 0.0891. The Labute approximate surface area is 229 Å². The molecule has 0 unspecified atom stereocenters. The predicted molar refractivity (Wildman–Crippen MR) is 152 cm³/mol. The van der Waals surface area contributed by atoms with E-state index in [0.717, 1.165) is 55.3 Å². The van der Waals surface area contributed by atoms with Gasteiger partial charge in [-0.3, -0.25) is 4.90 Å². The molecule has 4 saturated carbocycles. The summed E-state index contributed by atoms with van der Waals surface area (Å²) in [5, 5.41) is 19.9. The summed E-state index contributed by atoms with van der Waals surface area (Å²) in [6.45, 7) is 4.65. The lowest BCUT2D eigenvalue weighted by molar-refractivity contribution is -0.0112. The molecule has 4 bridgehead atoms. The molecule has 0 amide bonds. The standard InChI is InChI=1S/C30H36N6OS/c37-27-8-6-22(7-9-27)20-31-36-28(30-17-23-14-24(18-30)16-25(15-23)19-30)32-35(29(36)38)21-33-10-12-34(13-11-33)26-4-2-1-3-5-26/h1-9,20,23-25,37H,10-19,21H2/b31-20+. The van der Waals surface area contributed by atoms with E-state index < -0.39 is 0 Å². The minimum Gasteiger partial charge on any atom is -0.508 e. The van der Waals surface area contributed by atoms with Gasteiger partial charge in [-0.05, 0) is 110 Å². The Morgan fingerprint density at radius 1 is 0.895 bits per heavy atom. The van der Waals surface area contributed by atoms with Crippen molar-refractivity contribution in [3.63, 3.8) is 0 Å². The zero-order chi connectivity index (χ0) is 25.7. The molecule has 8 heteroatoms. The lowest BCUT2D eigenvalue weighted by Gasteiger charge is -2.55. The molecule has 2 aromatic carbocycles. The Morgan fingerprint density at radius 2 is 1.53 bits per heavy atom. The fourth-order valence-electron chi connectivity index (χ4n) is 7.97. The van der Waals surface area contributed by atoms with Crippen LogP contribution in [0.1, 0.15) is 49.9 Å². The molecule has 2 heterocycles. The average Bonchev–Trinajstić information content (AvgIpc) is 3.24. The van der Waals surface area contributed by atoms with Gasteiger partial charge in [0.05, 0.1) is 12.9 Å². The molecule has 3 aromatic rings. The molecule has 0 spiro atoms. The average molecular weight is 529 g/mol. The molecular formula is C30H36N6OS. The van der Waals surface area contributed by atoms with Gasteiger partial charge in [0.1, 0.15) is 5.75 Å². The molecule has 1 aliphatic heterocycles. The molecule has 7 nitrogen and oxygen atoms in total. The van der Waals surface area contributed by atoms with E-state index in [9.17, 15) is 5.11 Å². The highest BCUT2D eigenvalue weighted by molar-refractivity contribution is 7.71. The molecule has 38 heavy (non-hydrogen) atoms. The first kappa shape index (κ1) is 24.1. The zero-order valence-corrected chi connectivity index (χ0v) is 22.6. The summed E-state index contributed by atoms with van der Waals surface area (Å²) in [6.07, 6.45) is 9.68. The third-order valence-corrected chi connectivity index (χ3v) is 9.76. The van der Waals surface area contributed by atoms with Crippen molar-refractivity contribution in [3.05, 3.63) is 70.8 Å². The van der Waals surface area contributed by atoms with E-state index >= 15 is 0 Å². The number of anilines is 1. The van der Waals surface area contributed by atoms with Crippen molar-refractivity contribution in [2.24, 2.45) is 22.9 Å². The summed E-state index contributed by atoms with van der Waals surface area (Å²) in [4.78, 5) is 4.91. The van der Waals surface area contributed by atoms with Crippen molar-refractivity contribution in [1.29, 1.82) is 0 Å². The van der Waals surface area contributed by atoms with Crippen molar-refractivity contribution >= 4 is 24.1 Å². The Morgan fingerprint density at radius 3 is 2.16 bits per heavy atom. The molecule has 198 valence electrons. The van der Waals surface area contributed by atoms with Gasteiger partial charge < -0.3 is 10.0 Å². The van der Waals surface area contributed by atoms with Crippen LogP contribution in [0.5, 0.6) is 5.75 Å². The van der Waals surface area contributed by atoms with E-state index in [-0.39, 0.29) is 11.2 Å². The SMILES string of the molecule is Oc1ccc(/C=N/n2c(C34CC5CC(CC(C5)C3)C4)nn(CN3CCN(c4ccccc4)CC3)c2=S)cc1. The van der Waals surface area contributed by atoms with E-state index in [1.165, 1.54) is 44.2 Å². The van der Waals surface area contributed by atoms with Crippen LogP contribution in [0, 0.1) is 22.5 Å². The normalized spacial score (nSPS) is 28.9. The molecule has 5 fully saturated rings. The number of piperazine rings is 1. The smallest absolute Gasteiger partial charge is 0.220 e. The maximum absolute atomic E-state index is 9.68. The van der Waals surface area contributed by atoms with E-state index in [1.54, 1.807) is 12.1 Å². The molecule has 0 atom stereocenters. The van der Waals surface area contributed by atoms with Gasteiger partial charge in [0, 0.05) is 37.3 Å². The quantitative estimate of drug-likeness (QED) is 0.350. The number of hydrogen-bond acceptors (Lipinski definition) is 6. The van der Waals surface area contributed by atoms with Crippen LogP contribution < -0.4 is 4.90 Å². The van der Waals surface area contributed by atoms with Crippen molar-refractivity contribution in [3.8, 4) is 5.75 Å². The Bertz CT molecular complexity index is 1330. The summed E-state index contributed by atoms with van der Waals surface area (Å²) in [7, 11) is 0. The van der Waals surface area contributed by atoms with Gasteiger partial charge in [-0.2, -0.15) is 14.9 Å². The lowest BCUT2D eigenvalue weighted by atomic mass is 9.49. The fraction of sp³-hybridized carbons (Fsp3) is 0.500. The Kier molecular flexibility index (Phi) is 6.12. The summed E-state index contributed by atoms with van der Waals surface area (Å²) in [5.74, 6) is 3.79. The molecule has 5 aliphatic rings. The van der Waals surface area contributed by atoms with E-state index in [4.69, 9.17) is 22.4 Å². The van der Waals surface area contributed by atoms with E-state index in [2.05, 4.69) is 40.1 Å². The Hall–Kier alpha value is -2.97. The summed E-state index contributed by atoms with van der Waals surface area (Å²) < 4.78 is 4.67. The van der Waals surface area contributed by atoms with E-state index in [0.29, 0.717) is 11.4 Å². The van der Waals surface area contributed by atoms with Crippen molar-refractivity contribution in [1.82, 2.24) is 19.4 Å². The van der Waals surface area contributed by atoms with Gasteiger partial charge >= 0.3 is 0 Å². The monoisotopic (exact) mass is 528 g/mol. The first-order chi connectivity index (χ1) is 18.5. The van der Waals surface area contributed by atoms with Crippen LogP contribution in [0.15, 0.2) is 59.7 Å². The van der Waals surface area contributed by atoms with Crippen molar-refractivity contribution in [2.45, 2.75) is 50.6 Å². The van der Waals surface area contributed by atoms with Crippen LogP contribution in [-0.2, 0) is 12.1 Å². The third kappa shape index (κ3) is 4.47. The van der Waals surface area contributed by atoms with Crippen molar-refractivity contribution < 1.29 is 5.11 Å². The lowest BCUT2D eigenvalue weighted by Crippen LogP contribution is -2.49. The molecule has 1 aromatic heterocycles. The molecule has 1 saturated heterocycles. The zero-order valence-electron chi connectivity index (χ0n) is 21.8. The second kappa shape index (κ2) is 9.65.